The number of benzene rings is 2. The van der Waals surface area contributed by atoms with Gasteiger partial charge in [0.2, 0.25) is 0 Å². The molecule has 8 nitrogen and oxygen atoms in total. The van der Waals surface area contributed by atoms with E-state index >= 15 is 0 Å². The van der Waals surface area contributed by atoms with E-state index in [2.05, 4.69) is 15.0 Å². The van der Waals surface area contributed by atoms with E-state index in [0.717, 1.165) is 40.6 Å². The van der Waals surface area contributed by atoms with Crippen LogP contribution in [0.15, 0.2) is 30.3 Å². The molecule has 3 rings (SSSR count). The second kappa shape index (κ2) is 7.12. The largest absolute Gasteiger partial charge is 0.465 e. The quantitative estimate of drug-likeness (QED) is 0.415. The average Bonchev–Trinajstić information content (AvgIpc) is 3.03. The van der Waals surface area contributed by atoms with Crippen molar-refractivity contribution in [3.63, 3.8) is 0 Å². The molecule has 1 aromatic heterocycles. The Morgan fingerprint density at radius 3 is 2.52 bits per heavy atom. The molecule has 0 aliphatic carbocycles. The van der Waals surface area contributed by atoms with Crippen LogP contribution in [0.2, 0.25) is 0 Å². The van der Waals surface area contributed by atoms with Gasteiger partial charge in [-0.15, -0.1) is 0 Å². The van der Waals surface area contributed by atoms with Crippen molar-refractivity contribution in [1.29, 1.82) is 0 Å². The van der Waals surface area contributed by atoms with Crippen LogP contribution in [0.5, 0.6) is 0 Å². The minimum atomic E-state index is -0.765. The number of anilines is 1. The fraction of sp³-hybridized carbons (Fsp3) is 0.167. The molecular weight excluding hydrogens is 370 g/mol. The summed E-state index contributed by atoms with van der Waals surface area (Å²) in [5.41, 5.74) is 2.38. The number of fused-ring (bicyclic) bond motifs is 1. The number of non-ortho nitro benzene ring substituents is 1. The predicted molar refractivity (Wildman–Crippen MR) is 101 cm³/mol. The third-order valence-corrected chi connectivity index (χ3v) is 4.78. The molecule has 0 saturated heterocycles. The normalized spacial score (nSPS) is 10.6. The SMILES string of the molecule is COC(=O)c1cc(C(=O)Nc2nc3c(C)cc(C)cc3s2)cc([N+](=O)[O-])c1. The van der Waals surface area contributed by atoms with Crippen LogP contribution in [0.4, 0.5) is 10.8 Å². The lowest BCUT2D eigenvalue weighted by Gasteiger charge is -2.05. The van der Waals surface area contributed by atoms with Gasteiger partial charge in [0, 0.05) is 17.7 Å². The molecule has 1 amide bonds. The Kier molecular flexibility index (Phi) is 4.87. The van der Waals surface area contributed by atoms with Crippen molar-refractivity contribution in [2.45, 2.75) is 13.8 Å². The number of hydrogen-bond acceptors (Lipinski definition) is 7. The fourth-order valence-electron chi connectivity index (χ4n) is 2.68. The minimum absolute atomic E-state index is 0.0308. The lowest BCUT2D eigenvalue weighted by atomic mass is 10.1. The maximum Gasteiger partial charge on any atom is 0.338 e. The number of nitro groups is 1. The number of nitrogens with zero attached hydrogens (tertiary/aromatic N) is 2. The molecule has 2 aromatic carbocycles. The molecule has 0 saturated carbocycles. The summed E-state index contributed by atoms with van der Waals surface area (Å²) in [4.78, 5) is 39.1. The molecule has 0 spiro atoms. The van der Waals surface area contributed by atoms with E-state index in [0.29, 0.717) is 5.13 Å². The Bertz CT molecular complexity index is 1090. The van der Waals surface area contributed by atoms with E-state index in [9.17, 15) is 19.7 Å². The summed E-state index contributed by atoms with van der Waals surface area (Å²) in [6.45, 7) is 3.91. The van der Waals surface area contributed by atoms with Gasteiger partial charge >= 0.3 is 5.97 Å². The summed E-state index contributed by atoms with van der Waals surface area (Å²) in [7, 11) is 1.16. The molecule has 3 aromatic rings. The summed E-state index contributed by atoms with van der Waals surface area (Å²) < 4.78 is 5.51. The zero-order valence-electron chi connectivity index (χ0n) is 14.7. The van der Waals surface area contributed by atoms with Gasteiger partial charge in [0.05, 0.1) is 27.8 Å². The van der Waals surface area contributed by atoms with E-state index in [1.165, 1.54) is 17.4 Å². The standard InChI is InChI=1S/C18H15N3O5S/c1-9-4-10(2)15-14(5-9)27-18(19-15)20-16(22)11-6-12(17(23)26-3)8-13(7-11)21(24)25/h4-8H,1-3H3,(H,19,20,22). The number of thiazole rings is 1. The van der Waals surface area contributed by atoms with E-state index in [4.69, 9.17) is 0 Å². The first kappa shape index (κ1) is 18.5. The van der Waals surface area contributed by atoms with Crippen LogP contribution in [0.25, 0.3) is 10.2 Å². The van der Waals surface area contributed by atoms with Crippen molar-refractivity contribution in [2.75, 3.05) is 12.4 Å². The summed E-state index contributed by atoms with van der Waals surface area (Å²) in [6, 6.07) is 7.38. The second-order valence-corrected chi connectivity index (χ2v) is 6.95. The van der Waals surface area contributed by atoms with Crippen molar-refractivity contribution in [3.8, 4) is 0 Å². The first-order valence-electron chi connectivity index (χ1n) is 7.85. The van der Waals surface area contributed by atoms with E-state index in [1.54, 1.807) is 0 Å². The van der Waals surface area contributed by atoms with Crippen molar-refractivity contribution in [2.24, 2.45) is 0 Å². The Hall–Kier alpha value is -3.33. The Morgan fingerprint density at radius 2 is 1.85 bits per heavy atom. The topological polar surface area (TPSA) is 111 Å². The number of nitro benzene ring substituents is 1. The maximum atomic E-state index is 12.6. The van der Waals surface area contributed by atoms with Crippen molar-refractivity contribution >= 4 is 44.2 Å². The predicted octanol–water partition coefficient (Wildman–Crippen LogP) is 3.86. The molecular formula is C18H15N3O5S. The van der Waals surface area contributed by atoms with Crippen LogP contribution >= 0.6 is 11.3 Å². The van der Waals surface area contributed by atoms with Gasteiger partial charge in [0.15, 0.2) is 5.13 Å². The highest BCUT2D eigenvalue weighted by atomic mass is 32.1. The van der Waals surface area contributed by atoms with Gasteiger partial charge in [-0.1, -0.05) is 17.4 Å². The number of hydrogen-bond donors (Lipinski definition) is 1. The Labute approximate surface area is 157 Å². The summed E-state index contributed by atoms with van der Waals surface area (Å²) in [5.74, 6) is -1.36. The number of ether oxygens (including phenoxy) is 1. The van der Waals surface area contributed by atoms with Crippen molar-refractivity contribution in [3.05, 3.63) is 62.7 Å². The summed E-state index contributed by atoms with van der Waals surface area (Å²) in [6.07, 6.45) is 0. The molecule has 27 heavy (non-hydrogen) atoms. The first-order valence-corrected chi connectivity index (χ1v) is 8.67. The number of amides is 1. The summed E-state index contributed by atoms with van der Waals surface area (Å²) >= 11 is 1.31. The van der Waals surface area contributed by atoms with Crippen LogP contribution in [0.1, 0.15) is 31.8 Å². The molecule has 138 valence electrons. The van der Waals surface area contributed by atoms with Gasteiger partial charge in [0.25, 0.3) is 11.6 Å². The highest BCUT2D eigenvalue weighted by Gasteiger charge is 2.19. The van der Waals surface area contributed by atoms with Gasteiger partial charge in [-0.2, -0.15) is 0 Å². The zero-order chi connectivity index (χ0) is 19.7. The maximum absolute atomic E-state index is 12.6. The molecule has 1 heterocycles. The number of rotatable bonds is 4. The van der Waals surface area contributed by atoms with E-state index < -0.39 is 16.8 Å². The minimum Gasteiger partial charge on any atom is -0.465 e. The summed E-state index contributed by atoms with van der Waals surface area (Å²) in [5, 5.41) is 14.1. The third kappa shape index (κ3) is 3.77. The van der Waals surface area contributed by atoms with Gasteiger partial charge in [-0.05, 0) is 37.1 Å². The average molecular weight is 385 g/mol. The smallest absolute Gasteiger partial charge is 0.338 e. The molecule has 0 aliphatic heterocycles. The fourth-order valence-corrected chi connectivity index (χ4v) is 3.71. The van der Waals surface area contributed by atoms with Crippen LogP contribution < -0.4 is 5.32 Å². The van der Waals surface area contributed by atoms with Gasteiger partial charge in [-0.25, -0.2) is 9.78 Å². The molecule has 1 N–H and O–H groups in total. The van der Waals surface area contributed by atoms with Gasteiger partial charge in [-0.3, -0.25) is 20.2 Å². The number of aromatic nitrogens is 1. The third-order valence-electron chi connectivity index (χ3n) is 3.86. The second-order valence-electron chi connectivity index (χ2n) is 5.92. The Balaban J connectivity index is 1.96. The molecule has 0 atom stereocenters. The number of aryl methyl sites for hydroxylation is 2. The van der Waals surface area contributed by atoms with Crippen LogP contribution in [-0.2, 0) is 4.74 Å². The molecule has 0 fully saturated rings. The number of methoxy groups -OCH3 is 1. The Morgan fingerprint density at radius 1 is 1.15 bits per heavy atom. The van der Waals surface area contributed by atoms with Gasteiger partial charge < -0.3 is 4.74 Å². The van der Waals surface area contributed by atoms with E-state index in [1.807, 2.05) is 26.0 Å². The number of carbonyl (C=O) groups excluding carboxylic acids is 2. The number of esters is 1. The lowest BCUT2D eigenvalue weighted by Crippen LogP contribution is -2.13. The monoisotopic (exact) mass is 385 g/mol. The van der Waals surface area contributed by atoms with Crippen LogP contribution in [0.3, 0.4) is 0 Å². The van der Waals surface area contributed by atoms with Crippen LogP contribution in [-0.4, -0.2) is 28.9 Å². The molecule has 9 heteroatoms. The molecule has 0 radical (unpaired) electrons. The lowest BCUT2D eigenvalue weighted by molar-refractivity contribution is -0.384. The van der Waals surface area contributed by atoms with Crippen molar-refractivity contribution < 1.29 is 19.2 Å². The highest BCUT2D eigenvalue weighted by Crippen LogP contribution is 2.30. The number of nitrogens with one attached hydrogen (secondary N) is 1. The van der Waals surface area contributed by atoms with E-state index in [-0.39, 0.29) is 16.8 Å². The van der Waals surface area contributed by atoms with Crippen molar-refractivity contribution in [1.82, 2.24) is 4.98 Å². The molecule has 0 aliphatic rings. The molecule has 0 unspecified atom stereocenters. The van der Waals surface area contributed by atoms with Gasteiger partial charge in [0.1, 0.15) is 0 Å². The highest BCUT2D eigenvalue weighted by molar-refractivity contribution is 7.22. The molecule has 0 bridgehead atoms. The van der Waals surface area contributed by atoms with Crippen LogP contribution in [0, 0.1) is 24.0 Å². The number of carbonyl (C=O) groups is 2. The zero-order valence-corrected chi connectivity index (χ0v) is 15.5. The first-order chi connectivity index (χ1) is 12.8.